The molecule has 0 radical (unpaired) electrons. The molecule has 0 amide bonds. The van der Waals surface area contributed by atoms with Crippen molar-refractivity contribution in [2.75, 3.05) is 13.2 Å². The van der Waals surface area contributed by atoms with Crippen molar-refractivity contribution in [3.8, 4) is 0 Å². The molecule has 0 spiro atoms. The maximum absolute atomic E-state index is 12.7. The highest BCUT2D eigenvalue weighted by Gasteiger charge is 2.19. The monoisotopic (exact) mass is 783 g/mol. The van der Waals surface area contributed by atoms with E-state index in [1.54, 1.807) is 0 Å². The zero-order valence-corrected chi connectivity index (χ0v) is 36.6. The van der Waals surface area contributed by atoms with Crippen LogP contribution in [0, 0.1) is 0 Å². The molecule has 0 N–H and O–H groups in total. The van der Waals surface area contributed by atoms with Gasteiger partial charge in [-0.1, -0.05) is 184 Å². The van der Waals surface area contributed by atoms with Crippen LogP contribution in [-0.4, -0.2) is 37.2 Å². The van der Waals surface area contributed by atoms with Crippen molar-refractivity contribution in [1.29, 1.82) is 0 Å². The van der Waals surface area contributed by atoms with Crippen LogP contribution in [0.2, 0.25) is 0 Å². The molecule has 0 aliphatic rings. The van der Waals surface area contributed by atoms with Crippen LogP contribution in [0.4, 0.5) is 0 Å². The van der Waals surface area contributed by atoms with Crippen molar-refractivity contribution in [1.82, 2.24) is 0 Å². The average molecular weight is 783 g/mol. The third kappa shape index (κ3) is 42.3. The molecule has 322 valence electrons. The van der Waals surface area contributed by atoms with Gasteiger partial charge < -0.3 is 14.2 Å². The molecule has 0 aromatic carbocycles. The smallest absolute Gasteiger partial charge is 0.306 e. The third-order valence-corrected chi connectivity index (χ3v) is 9.76. The normalized spacial score (nSPS) is 12.6. The average Bonchev–Trinajstić information content (AvgIpc) is 3.19. The molecule has 1 unspecified atom stereocenters. The minimum Gasteiger partial charge on any atom is -0.462 e. The first-order valence-electron chi connectivity index (χ1n) is 23.3. The van der Waals surface area contributed by atoms with Gasteiger partial charge >= 0.3 is 17.9 Å². The summed E-state index contributed by atoms with van der Waals surface area (Å²) in [5, 5.41) is 0. The van der Waals surface area contributed by atoms with Crippen LogP contribution in [0.1, 0.15) is 220 Å². The lowest BCUT2D eigenvalue weighted by Gasteiger charge is -2.18. The van der Waals surface area contributed by atoms with E-state index in [0.29, 0.717) is 19.3 Å². The summed E-state index contributed by atoms with van der Waals surface area (Å²) in [5.74, 6) is -0.963. The van der Waals surface area contributed by atoms with Crippen molar-refractivity contribution in [3.05, 3.63) is 60.8 Å². The summed E-state index contributed by atoms with van der Waals surface area (Å²) >= 11 is 0. The van der Waals surface area contributed by atoms with Gasteiger partial charge in [-0.25, -0.2) is 0 Å². The molecule has 0 bridgehead atoms. The fraction of sp³-hybridized carbons (Fsp3) is 0.740. The van der Waals surface area contributed by atoms with Gasteiger partial charge in [0.15, 0.2) is 6.10 Å². The van der Waals surface area contributed by atoms with Crippen molar-refractivity contribution in [2.24, 2.45) is 0 Å². The minimum atomic E-state index is -0.799. The Hall–Kier alpha value is -2.89. The van der Waals surface area contributed by atoms with E-state index in [1.165, 1.54) is 96.3 Å². The summed E-state index contributed by atoms with van der Waals surface area (Å²) in [4.78, 5) is 37.7. The van der Waals surface area contributed by atoms with E-state index in [0.717, 1.165) is 77.0 Å². The highest BCUT2D eigenvalue weighted by Crippen LogP contribution is 2.14. The lowest BCUT2D eigenvalue weighted by Crippen LogP contribution is -2.30. The highest BCUT2D eigenvalue weighted by molar-refractivity contribution is 5.71. The number of rotatable bonds is 41. The predicted molar refractivity (Wildman–Crippen MR) is 238 cm³/mol. The summed E-state index contributed by atoms with van der Waals surface area (Å²) in [7, 11) is 0. The molecule has 0 aromatic rings. The van der Waals surface area contributed by atoms with Gasteiger partial charge in [-0.2, -0.15) is 0 Å². The van der Waals surface area contributed by atoms with Gasteiger partial charge in [0.25, 0.3) is 0 Å². The van der Waals surface area contributed by atoms with E-state index in [2.05, 4.69) is 81.5 Å². The number of hydrogen-bond donors (Lipinski definition) is 0. The largest absolute Gasteiger partial charge is 0.462 e. The Balaban J connectivity index is 4.39. The van der Waals surface area contributed by atoms with E-state index in [-0.39, 0.29) is 37.5 Å². The number of allylic oxidation sites excluding steroid dienone is 10. The summed E-state index contributed by atoms with van der Waals surface area (Å²) in [6.07, 6.45) is 53.5. The first-order chi connectivity index (χ1) is 27.5. The molecular formula is C50H86O6. The number of carbonyl (C=O) groups excluding carboxylic acids is 3. The van der Waals surface area contributed by atoms with E-state index in [9.17, 15) is 14.4 Å². The fourth-order valence-corrected chi connectivity index (χ4v) is 6.26. The number of unbranched alkanes of at least 4 members (excludes halogenated alkanes) is 20. The molecule has 0 rings (SSSR count). The molecule has 1 atom stereocenters. The van der Waals surface area contributed by atoms with Crippen molar-refractivity contribution in [3.63, 3.8) is 0 Å². The second-order valence-corrected chi connectivity index (χ2v) is 15.3. The van der Waals surface area contributed by atoms with Gasteiger partial charge in [0.05, 0.1) is 0 Å². The Bertz CT molecular complexity index is 1040. The first-order valence-corrected chi connectivity index (χ1v) is 23.3. The first kappa shape index (κ1) is 53.1. The van der Waals surface area contributed by atoms with Gasteiger partial charge in [-0.3, -0.25) is 14.4 Å². The van der Waals surface area contributed by atoms with E-state index in [4.69, 9.17) is 14.2 Å². The van der Waals surface area contributed by atoms with Gasteiger partial charge in [0, 0.05) is 19.3 Å². The molecule has 56 heavy (non-hydrogen) atoms. The highest BCUT2D eigenvalue weighted by atomic mass is 16.6. The maximum Gasteiger partial charge on any atom is 0.306 e. The van der Waals surface area contributed by atoms with Gasteiger partial charge in [0.1, 0.15) is 13.2 Å². The number of hydrogen-bond acceptors (Lipinski definition) is 6. The van der Waals surface area contributed by atoms with Gasteiger partial charge in [-0.05, 0) is 77.0 Å². The third-order valence-electron chi connectivity index (χ3n) is 9.76. The van der Waals surface area contributed by atoms with E-state index in [1.807, 2.05) is 0 Å². The number of esters is 3. The second kappa shape index (κ2) is 44.8. The van der Waals surface area contributed by atoms with Crippen LogP contribution in [0.15, 0.2) is 60.8 Å². The molecular weight excluding hydrogens is 697 g/mol. The lowest BCUT2D eigenvalue weighted by molar-refractivity contribution is -0.167. The molecule has 0 fully saturated rings. The van der Waals surface area contributed by atoms with E-state index < -0.39 is 6.10 Å². The quantitative estimate of drug-likeness (QED) is 0.0266. The van der Waals surface area contributed by atoms with Crippen molar-refractivity contribution < 1.29 is 28.6 Å². The van der Waals surface area contributed by atoms with Crippen LogP contribution in [0.25, 0.3) is 0 Å². The Morgan fingerprint density at radius 2 is 0.714 bits per heavy atom. The predicted octanol–water partition coefficient (Wildman–Crippen LogP) is 14.9. The van der Waals surface area contributed by atoms with E-state index >= 15 is 0 Å². The molecule has 0 aliphatic heterocycles. The Kier molecular flexibility index (Phi) is 42.5. The van der Waals surface area contributed by atoms with Crippen LogP contribution >= 0.6 is 0 Å². The Morgan fingerprint density at radius 1 is 0.375 bits per heavy atom. The molecule has 0 heterocycles. The fourth-order valence-electron chi connectivity index (χ4n) is 6.26. The Labute approximate surface area is 345 Å². The van der Waals surface area contributed by atoms with Crippen LogP contribution in [0.5, 0.6) is 0 Å². The van der Waals surface area contributed by atoms with Gasteiger partial charge in [0.2, 0.25) is 0 Å². The van der Waals surface area contributed by atoms with Crippen molar-refractivity contribution >= 4 is 17.9 Å². The lowest BCUT2D eigenvalue weighted by atomic mass is 10.1. The van der Waals surface area contributed by atoms with Gasteiger partial charge in [-0.15, -0.1) is 0 Å². The summed E-state index contributed by atoms with van der Waals surface area (Å²) in [6, 6.07) is 0. The molecule has 0 saturated heterocycles. The standard InChI is InChI=1S/C50H86O6/c1-4-7-10-13-16-19-22-23-24-25-26-27-29-31-34-37-40-43-49(52)55-46-47(45-54-48(51)42-39-36-33-30-21-18-15-12-9-6-3)56-50(53)44-41-38-35-32-28-20-17-14-11-8-5-2/h8,11,16-17,19-20,23-24,32,35,47H,4-7,9-10,12-15,18,21-22,25-31,33-34,36-46H2,1-3H3/b11-8-,19-16-,20-17-,24-23-,35-32-. The zero-order valence-electron chi connectivity index (χ0n) is 36.6. The van der Waals surface area contributed by atoms with Crippen molar-refractivity contribution in [2.45, 2.75) is 226 Å². The number of carbonyl (C=O) groups is 3. The molecule has 6 nitrogen and oxygen atoms in total. The topological polar surface area (TPSA) is 78.9 Å². The van der Waals surface area contributed by atoms with Crippen LogP contribution < -0.4 is 0 Å². The molecule has 0 aliphatic carbocycles. The number of ether oxygens (including phenoxy) is 3. The zero-order chi connectivity index (χ0) is 40.8. The summed E-state index contributed by atoms with van der Waals surface area (Å²) in [6.45, 7) is 6.42. The maximum atomic E-state index is 12.7. The SMILES string of the molecule is CC/C=C\C/C=C\C/C=C\CCCC(=O)OC(COC(=O)CCCCCCCCC/C=C\C/C=C\CCCCC)COC(=O)CCCCCCCCCCCC. The Morgan fingerprint density at radius 3 is 1.18 bits per heavy atom. The minimum absolute atomic E-state index is 0.0960. The second-order valence-electron chi connectivity index (χ2n) is 15.3. The molecule has 0 saturated carbocycles. The molecule has 6 heteroatoms. The molecule has 0 aromatic heterocycles. The van der Waals surface area contributed by atoms with Crippen LogP contribution in [-0.2, 0) is 28.6 Å². The summed E-state index contributed by atoms with van der Waals surface area (Å²) < 4.78 is 16.6. The van der Waals surface area contributed by atoms with Crippen LogP contribution in [0.3, 0.4) is 0 Å². The summed E-state index contributed by atoms with van der Waals surface area (Å²) in [5.41, 5.74) is 0.